The van der Waals surface area contributed by atoms with E-state index >= 15 is 0 Å². The van der Waals surface area contributed by atoms with Crippen molar-refractivity contribution in [2.45, 2.75) is 6.92 Å². The number of carboxylic acids is 1. The van der Waals surface area contributed by atoms with Crippen molar-refractivity contribution < 1.29 is 14.3 Å². The molecule has 3 rings (SSSR count). The summed E-state index contributed by atoms with van der Waals surface area (Å²) in [4.78, 5) is 11.1. The maximum absolute atomic E-state index is 11.1. The first-order valence-corrected chi connectivity index (χ1v) is 6.46. The van der Waals surface area contributed by atoms with Crippen LogP contribution in [0.2, 0.25) is 5.02 Å². The highest BCUT2D eigenvalue weighted by atomic mass is 35.5. The minimum Gasteiger partial charge on any atom is -0.478 e. The molecule has 0 amide bonds. The molecule has 0 bridgehead atoms. The largest absolute Gasteiger partial charge is 0.478 e. The Morgan fingerprint density at radius 1 is 1.20 bits per heavy atom. The number of carboxylic acid groups (broad SMARTS) is 1. The zero-order valence-electron chi connectivity index (χ0n) is 10.7. The van der Waals surface area contributed by atoms with E-state index in [0.29, 0.717) is 16.3 Å². The second kappa shape index (κ2) is 4.69. The molecule has 0 aliphatic rings. The molecule has 0 saturated carbocycles. The van der Waals surface area contributed by atoms with Gasteiger partial charge in [-0.25, -0.2) is 4.79 Å². The molecule has 4 heteroatoms. The lowest BCUT2D eigenvalue weighted by Gasteiger charge is -2.01. The summed E-state index contributed by atoms with van der Waals surface area (Å²) in [6, 6.07) is 12.4. The van der Waals surface area contributed by atoms with Crippen molar-refractivity contribution in [2.75, 3.05) is 0 Å². The molecular weight excluding hydrogens is 276 g/mol. The monoisotopic (exact) mass is 286 g/mol. The summed E-state index contributed by atoms with van der Waals surface area (Å²) in [7, 11) is 0. The molecule has 2 aromatic carbocycles. The zero-order chi connectivity index (χ0) is 14.3. The Hall–Kier alpha value is -2.26. The third-order valence-electron chi connectivity index (χ3n) is 3.17. The highest BCUT2D eigenvalue weighted by Gasteiger charge is 2.12. The number of aryl methyl sites for hydroxylation is 1. The number of hydrogen-bond acceptors (Lipinski definition) is 2. The highest BCUT2D eigenvalue weighted by molar-refractivity contribution is 6.31. The Morgan fingerprint density at radius 2 is 2.00 bits per heavy atom. The van der Waals surface area contributed by atoms with E-state index in [1.165, 1.54) is 6.07 Å². The number of carbonyl (C=O) groups is 1. The van der Waals surface area contributed by atoms with Crippen molar-refractivity contribution in [2.24, 2.45) is 0 Å². The maximum atomic E-state index is 11.1. The topological polar surface area (TPSA) is 50.4 Å². The van der Waals surface area contributed by atoms with Gasteiger partial charge < -0.3 is 9.52 Å². The molecule has 0 aliphatic heterocycles. The van der Waals surface area contributed by atoms with E-state index in [9.17, 15) is 4.79 Å². The van der Waals surface area contributed by atoms with E-state index < -0.39 is 5.97 Å². The molecule has 20 heavy (non-hydrogen) atoms. The van der Waals surface area contributed by atoms with Crippen molar-refractivity contribution in [1.29, 1.82) is 0 Å². The van der Waals surface area contributed by atoms with E-state index in [-0.39, 0.29) is 5.56 Å². The van der Waals surface area contributed by atoms with Gasteiger partial charge in [-0.2, -0.15) is 0 Å². The van der Waals surface area contributed by atoms with Crippen LogP contribution in [0.1, 0.15) is 15.9 Å². The lowest BCUT2D eigenvalue weighted by atomic mass is 10.1. The molecule has 3 aromatic rings. The van der Waals surface area contributed by atoms with Gasteiger partial charge in [-0.3, -0.25) is 0 Å². The quantitative estimate of drug-likeness (QED) is 0.739. The zero-order valence-corrected chi connectivity index (χ0v) is 11.4. The summed E-state index contributed by atoms with van der Waals surface area (Å²) in [6.07, 6.45) is 0. The van der Waals surface area contributed by atoms with Crippen LogP contribution >= 0.6 is 11.6 Å². The van der Waals surface area contributed by atoms with Crippen molar-refractivity contribution in [3.63, 3.8) is 0 Å². The summed E-state index contributed by atoms with van der Waals surface area (Å²) >= 11 is 5.97. The highest BCUT2D eigenvalue weighted by Crippen LogP contribution is 2.31. The second-order valence-electron chi connectivity index (χ2n) is 4.64. The first kappa shape index (κ1) is 12.8. The minimum absolute atomic E-state index is 0.143. The lowest BCUT2D eigenvalue weighted by molar-refractivity contribution is 0.0697. The average molecular weight is 287 g/mol. The van der Waals surface area contributed by atoms with Gasteiger partial charge in [0.05, 0.1) is 5.56 Å². The number of aromatic carboxylic acids is 1. The van der Waals surface area contributed by atoms with Crippen LogP contribution in [0.4, 0.5) is 0 Å². The summed E-state index contributed by atoms with van der Waals surface area (Å²) in [5.74, 6) is -0.402. The van der Waals surface area contributed by atoms with Crippen molar-refractivity contribution in [1.82, 2.24) is 0 Å². The molecule has 1 N–H and O–H groups in total. The molecule has 0 unspecified atom stereocenters. The van der Waals surface area contributed by atoms with Crippen molar-refractivity contribution in [3.8, 4) is 11.3 Å². The Morgan fingerprint density at radius 3 is 2.70 bits per heavy atom. The van der Waals surface area contributed by atoms with Gasteiger partial charge in [0.1, 0.15) is 11.3 Å². The molecule has 0 atom stereocenters. The van der Waals surface area contributed by atoms with Crippen LogP contribution in [0.15, 0.2) is 46.9 Å². The minimum atomic E-state index is -1.01. The first-order valence-electron chi connectivity index (χ1n) is 6.08. The van der Waals surface area contributed by atoms with Crippen LogP contribution in [0, 0.1) is 6.92 Å². The normalized spacial score (nSPS) is 10.9. The summed E-state index contributed by atoms with van der Waals surface area (Å²) < 4.78 is 5.82. The number of para-hydroxylation sites is 1. The Labute approximate surface area is 120 Å². The standard InChI is InChI=1S/C16H11ClO3/c1-9-3-2-4-10-8-14(20-15(9)10)11-5-12(16(18)19)7-13(17)6-11/h2-8H,1H3,(H,18,19). The number of furan rings is 1. The average Bonchev–Trinajstić information content (AvgIpc) is 2.83. The molecule has 0 radical (unpaired) electrons. The predicted molar refractivity (Wildman–Crippen MR) is 78.4 cm³/mol. The first-order chi connectivity index (χ1) is 9.54. The van der Waals surface area contributed by atoms with Crippen LogP contribution in [-0.2, 0) is 0 Å². The van der Waals surface area contributed by atoms with Crippen LogP contribution < -0.4 is 0 Å². The number of halogens is 1. The molecule has 0 aliphatic carbocycles. The van der Waals surface area contributed by atoms with Crippen LogP contribution in [0.5, 0.6) is 0 Å². The van der Waals surface area contributed by atoms with Gasteiger partial charge in [0.2, 0.25) is 0 Å². The SMILES string of the molecule is Cc1cccc2cc(-c3cc(Cl)cc(C(=O)O)c3)oc12. The van der Waals surface area contributed by atoms with Crippen molar-refractivity contribution in [3.05, 3.63) is 58.6 Å². The van der Waals surface area contributed by atoms with Gasteiger partial charge in [-0.1, -0.05) is 29.8 Å². The fourth-order valence-electron chi connectivity index (χ4n) is 2.21. The van der Waals surface area contributed by atoms with Gasteiger partial charge in [0.25, 0.3) is 0 Å². The molecule has 1 aromatic heterocycles. The lowest BCUT2D eigenvalue weighted by Crippen LogP contribution is -1.96. The van der Waals surface area contributed by atoms with Gasteiger partial charge in [0, 0.05) is 16.0 Å². The molecular formula is C16H11ClO3. The van der Waals surface area contributed by atoms with E-state index in [2.05, 4.69) is 0 Å². The predicted octanol–water partition coefficient (Wildman–Crippen LogP) is 4.76. The molecule has 0 spiro atoms. The number of fused-ring (bicyclic) bond motifs is 1. The molecule has 1 heterocycles. The third-order valence-corrected chi connectivity index (χ3v) is 3.39. The Kier molecular flexibility index (Phi) is 2.99. The van der Waals surface area contributed by atoms with Gasteiger partial charge >= 0.3 is 5.97 Å². The molecule has 100 valence electrons. The van der Waals surface area contributed by atoms with Gasteiger partial charge in [-0.05, 0) is 36.8 Å². The van der Waals surface area contributed by atoms with E-state index in [4.69, 9.17) is 21.1 Å². The number of rotatable bonds is 2. The summed E-state index contributed by atoms with van der Waals surface area (Å²) in [6.45, 7) is 1.97. The third kappa shape index (κ3) is 2.17. The molecule has 0 saturated heterocycles. The van der Waals surface area contributed by atoms with Crippen LogP contribution in [0.3, 0.4) is 0 Å². The maximum Gasteiger partial charge on any atom is 0.335 e. The van der Waals surface area contributed by atoms with Crippen LogP contribution in [-0.4, -0.2) is 11.1 Å². The van der Waals surface area contributed by atoms with Gasteiger partial charge in [-0.15, -0.1) is 0 Å². The molecule has 0 fully saturated rings. The van der Waals surface area contributed by atoms with Crippen molar-refractivity contribution >= 4 is 28.5 Å². The summed E-state index contributed by atoms with van der Waals surface area (Å²) in [5, 5.41) is 10.4. The molecule has 3 nitrogen and oxygen atoms in total. The van der Waals surface area contributed by atoms with Crippen LogP contribution in [0.25, 0.3) is 22.3 Å². The number of hydrogen-bond donors (Lipinski definition) is 1. The smallest absolute Gasteiger partial charge is 0.335 e. The fourth-order valence-corrected chi connectivity index (χ4v) is 2.44. The van der Waals surface area contributed by atoms with E-state index in [1.807, 2.05) is 31.2 Å². The number of benzene rings is 2. The summed E-state index contributed by atoms with van der Waals surface area (Å²) in [5.41, 5.74) is 2.64. The van der Waals surface area contributed by atoms with E-state index in [0.717, 1.165) is 16.5 Å². The fraction of sp³-hybridized carbons (Fsp3) is 0.0625. The van der Waals surface area contributed by atoms with E-state index in [1.54, 1.807) is 12.1 Å². The Balaban J connectivity index is 2.20. The van der Waals surface area contributed by atoms with Gasteiger partial charge in [0.15, 0.2) is 0 Å². The Bertz CT molecular complexity index is 818. The second-order valence-corrected chi connectivity index (χ2v) is 5.07.